The van der Waals surface area contributed by atoms with Crippen LogP contribution in [0.2, 0.25) is 0 Å². The molecule has 2 aromatic rings. The number of hydrogen-bond donors (Lipinski definition) is 1. The summed E-state index contributed by atoms with van der Waals surface area (Å²) in [6, 6.07) is 1.77. The standard InChI is InChI=1S/C14H19N5O2/c1-10(2)11-7-14(21-17-11)16-13(20)9-18-5-6-19-4-3-15-12(19)8-18/h3-4,7,10H,5-6,8-9H2,1-2H3,(H,16,20). The van der Waals surface area contributed by atoms with E-state index in [9.17, 15) is 4.79 Å². The molecule has 1 amide bonds. The number of imidazole rings is 1. The fraction of sp³-hybridized carbons (Fsp3) is 0.500. The molecule has 1 aliphatic rings. The highest BCUT2D eigenvalue weighted by molar-refractivity contribution is 5.90. The predicted octanol–water partition coefficient (Wildman–Crippen LogP) is 1.45. The fourth-order valence-electron chi connectivity index (χ4n) is 2.36. The first-order valence-corrected chi connectivity index (χ1v) is 7.10. The van der Waals surface area contributed by atoms with Crippen molar-refractivity contribution in [1.29, 1.82) is 0 Å². The molecule has 0 unspecified atom stereocenters. The number of carbonyl (C=O) groups excluding carboxylic acids is 1. The summed E-state index contributed by atoms with van der Waals surface area (Å²) in [7, 11) is 0. The minimum Gasteiger partial charge on any atom is -0.338 e. The lowest BCUT2D eigenvalue weighted by molar-refractivity contribution is -0.117. The van der Waals surface area contributed by atoms with E-state index in [-0.39, 0.29) is 11.8 Å². The molecule has 112 valence electrons. The van der Waals surface area contributed by atoms with Crippen LogP contribution in [0.4, 0.5) is 5.88 Å². The van der Waals surface area contributed by atoms with E-state index in [4.69, 9.17) is 4.52 Å². The number of fused-ring (bicyclic) bond motifs is 1. The first kappa shape index (κ1) is 13.8. The van der Waals surface area contributed by atoms with Crippen molar-refractivity contribution in [2.45, 2.75) is 32.9 Å². The second-order valence-electron chi connectivity index (χ2n) is 5.57. The minimum atomic E-state index is -0.0959. The molecule has 7 heteroatoms. The third kappa shape index (κ3) is 3.13. The van der Waals surface area contributed by atoms with Crippen molar-refractivity contribution in [2.24, 2.45) is 0 Å². The Bertz CT molecular complexity index is 631. The zero-order valence-corrected chi connectivity index (χ0v) is 12.2. The number of nitrogens with zero attached hydrogens (tertiary/aromatic N) is 4. The molecule has 0 saturated heterocycles. The molecule has 0 radical (unpaired) electrons. The highest BCUT2D eigenvalue weighted by Gasteiger charge is 2.19. The van der Waals surface area contributed by atoms with E-state index < -0.39 is 0 Å². The van der Waals surface area contributed by atoms with Gasteiger partial charge in [0.05, 0.1) is 18.8 Å². The number of hydrogen-bond acceptors (Lipinski definition) is 5. The molecule has 1 N–H and O–H groups in total. The first-order chi connectivity index (χ1) is 10.1. The molecular weight excluding hydrogens is 270 g/mol. The maximum Gasteiger partial charge on any atom is 0.240 e. The van der Waals surface area contributed by atoms with Crippen LogP contribution in [0, 0.1) is 0 Å². The molecule has 0 bridgehead atoms. The number of rotatable bonds is 4. The highest BCUT2D eigenvalue weighted by Crippen LogP contribution is 2.17. The lowest BCUT2D eigenvalue weighted by Gasteiger charge is -2.26. The van der Waals surface area contributed by atoms with Crippen LogP contribution in [0.15, 0.2) is 23.0 Å². The quantitative estimate of drug-likeness (QED) is 0.922. The average molecular weight is 289 g/mol. The van der Waals surface area contributed by atoms with Gasteiger partial charge in [-0.25, -0.2) is 4.98 Å². The average Bonchev–Trinajstić information content (AvgIpc) is 3.06. The molecule has 0 fully saturated rings. The molecular formula is C14H19N5O2. The van der Waals surface area contributed by atoms with E-state index in [1.54, 1.807) is 12.3 Å². The van der Waals surface area contributed by atoms with Crippen molar-refractivity contribution in [2.75, 3.05) is 18.4 Å². The van der Waals surface area contributed by atoms with Gasteiger partial charge in [0.1, 0.15) is 5.82 Å². The Morgan fingerprint density at radius 1 is 1.48 bits per heavy atom. The second-order valence-corrected chi connectivity index (χ2v) is 5.57. The van der Waals surface area contributed by atoms with Gasteiger partial charge < -0.3 is 9.09 Å². The topological polar surface area (TPSA) is 76.2 Å². The van der Waals surface area contributed by atoms with Gasteiger partial charge in [-0.1, -0.05) is 19.0 Å². The molecule has 3 rings (SSSR count). The van der Waals surface area contributed by atoms with Crippen molar-refractivity contribution in [3.63, 3.8) is 0 Å². The monoisotopic (exact) mass is 289 g/mol. The maximum atomic E-state index is 12.0. The Hall–Kier alpha value is -2.15. The van der Waals surface area contributed by atoms with Crippen molar-refractivity contribution in [3.8, 4) is 0 Å². The Balaban J connectivity index is 1.55. The van der Waals surface area contributed by atoms with E-state index in [1.807, 2.05) is 20.0 Å². The molecule has 21 heavy (non-hydrogen) atoms. The zero-order valence-electron chi connectivity index (χ0n) is 12.2. The summed E-state index contributed by atoms with van der Waals surface area (Å²) in [5.74, 6) is 1.58. The minimum absolute atomic E-state index is 0.0959. The van der Waals surface area contributed by atoms with Crippen molar-refractivity contribution in [1.82, 2.24) is 19.6 Å². The van der Waals surface area contributed by atoms with E-state index in [1.165, 1.54) is 0 Å². The molecule has 3 heterocycles. The summed E-state index contributed by atoms with van der Waals surface area (Å²) < 4.78 is 7.22. The molecule has 2 aromatic heterocycles. The van der Waals surface area contributed by atoms with Gasteiger partial charge in [0.2, 0.25) is 11.8 Å². The van der Waals surface area contributed by atoms with E-state index in [2.05, 4.69) is 24.9 Å². The predicted molar refractivity (Wildman–Crippen MR) is 76.7 cm³/mol. The molecule has 0 saturated carbocycles. The van der Waals surface area contributed by atoms with Gasteiger partial charge in [-0.15, -0.1) is 0 Å². The molecule has 0 atom stereocenters. The van der Waals surface area contributed by atoms with Gasteiger partial charge in [-0.3, -0.25) is 15.0 Å². The molecule has 7 nitrogen and oxygen atoms in total. The van der Waals surface area contributed by atoms with Crippen molar-refractivity contribution < 1.29 is 9.32 Å². The van der Waals surface area contributed by atoms with E-state index >= 15 is 0 Å². The molecule has 0 aliphatic carbocycles. The Morgan fingerprint density at radius 3 is 3.10 bits per heavy atom. The van der Waals surface area contributed by atoms with Gasteiger partial charge in [-0.2, -0.15) is 0 Å². The SMILES string of the molecule is CC(C)c1cc(NC(=O)CN2CCn3ccnc3C2)on1. The summed E-state index contributed by atoms with van der Waals surface area (Å²) in [4.78, 5) is 18.4. The highest BCUT2D eigenvalue weighted by atomic mass is 16.5. The summed E-state index contributed by atoms with van der Waals surface area (Å²) in [6.07, 6.45) is 3.76. The molecule has 1 aliphatic heterocycles. The van der Waals surface area contributed by atoms with Gasteiger partial charge >= 0.3 is 0 Å². The lowest BCUT2D eigenvalue weighted by Crippen LogP contribution is -2.39. The van der Waals surface area contributed by atoms with Crippen LogP contribution in [0.1, 0.15) is 31.3 Å². The van der Waals surface area contributed by atoms with Gasteiger partial charge in [-0.05, 0) is 5.92 Å². The number of amides is 1. The fourth-order valence-corrected chi connectivity index (χ4v) is 2.36. The normalized spacial score (nSPS) is 15.2. The maximum absolute atomic E-state index is 12.0. The summed E-state index contributed by atoms with van der Waals surface area (Å²) in [5, 5.41) is 6.67. The van der Waals surface area contributed by atoms with Crippen LogP contribution < -0.4 is 5.32 Å². The second kappa shape index (κ2) is 5.69. The number of carbonyl (C=O) groups is 1. The Kier molecular flexibility index (Phi) is 3.74. The van der Waals surface area contributed by atoms with Crippen LogP contribution >= 0.6 is 0 Å². The van der Waals surface area contributed by atoms with Gasteiger partial charge in [0, 0.05) is 31.5 Å². The van der Waals surface area contributed by atoms with Gasteiger partial charge in [0.25, 0.3) is 0 Å². The van der Waals surface area contributed by atoms with E-state index in [0.717, 1.165) is 24.6 Å². The van der Waals surface area contributed by atoms with Crippen LogP contribution in [0.5, 0.6) is 0 Å². The largest absolute Gasteiger partial charge is 0.338 e. The third-order valence-corrected chi connectivity index (χ3v) is 3.57. The summed E-state index contributed by atoms with van der Waals surface area (Å²) in [5.41, 5.74) is 0.838. The third-order valence-electron chi connectivity index (χ3n) is 3.57. The zero-order chi connectivity index (χ0) is 14.8. The number of anilines is 1. The smallest absolute Gasteiger partial charge is 0.240 e. The Labute approximate surface area is 122 Å². The van der Waals surface area contributed by atoms with Crippen LogP contribution in [-0.2, 0) is 17.9 Å². The first-order valence-electron chi connectivity index (χ1n) is 7.10. The Morgan fingerprint density at radius 2 is 2.33 bits per heavy atom. The number of aromatic nitrogens is 3. The summed E-state index contributed by atoms with van der Waals surface area (Å²) >= 11 is 0. The molecule has 0 spiro atoms. The molecule has 0 aromatic carbocycles. The van der Waals surface area contributed by atoms with Crippen molar-refractivity contribution in [3.05, 3.63) is 30.0 Å². The van der Waals surface area contributed by atoms with Crippen LogP contribution in [-0.4, -0.2) is 38.6 Å². The van der Waals surface area contributed by atoms with Crippen LogP contribution in [0.3, 0.4) is 0 Å². The van der Waals surface area contributed by atoms with E-state index in [0.29, 0.717) is 19.0 Å². The summed E-state index contributed by atoms with van der Waals surface area (Å²) in [6.45, 7) is 6.77. The number of nitrogens with one attached hydrogen (secondary N) is 1. The van der Waals surface area contributed by atoms with Gasteiger partial charge in [0.15, 0.2) is 0 Å². The lowest BCUT2D eigenvalue weighted by atomic mass is 10.1. The van der Waals surface area contributed by atoms with Crippen LogP contribution in [0.25, 0.3) is 0 Å². The van der Waals surface area contributed by atoms with Crippen molar-refractivity contribution >= 4 is 11.8 Å².